The van der Waals surface area contributed by atoms with Gasteiger partial charge in [0.2, 0.25) is 0 Å². The minimum atomic E-state index is -0.00523. The predicted octanol–water partition coefficient (Wildman–Crippen LogP) is 4.51. The van der Waals surface area contributed by atoms with E-state index < -0.39 is 0 Å². The number of hydrogen-bond donors (Lipinski definition) is 1. The van der Waals surface area contributed by atoms with E-state index in [-0.39, 0.29) is 12.1 Å². The Hall–Kier alpha value is -2.86. The van der Waals surface area contributed by atoms with E-state index in [1.54, 1.807) is 7.11 Å². The smallest absolute Gasteiger partial charge is 0.170 e. The molecule has 4 rings (SSSR count). The standard InChI is InChI=1S/C23H26N4OS/c1-16(2)15-27-22(21(25-23(27)29)19-7-4-5-13-24-19)20-8-6-14-26(20)17-9-11-18(28-3)12-10-17/h4-14,16,21-22H,15H2,1-3H3,(H,25,29). The molecule has 150 valence electrons. The van der Waals surface area contributed by atoms with Gasteiger partial charge in [-0.25, -0.2) is 0 Å². The van der Waals surface area contributed by atoms with E-state index in [0.29, 0.717) is 5.92 Å². The average Bonchev–Trinajstić information content (AvgIpc) is 3.33. The first-order valence-electron chi connectivity index (χ1n) is 9.88. The number of benzene rings is 1. The van der Waals surface area contributed by atoms with Gasteiger partial charge in [0.15, 0.2) is 5.11 Å². The summed E-state index contributed by atoms with van der Waals surface area (Å²) in [5.74, 6) is 1.34. The zero-order valence-corrected chi connectivity index (χ0v) is 17.8. The zero-order valence-electron chi connectivity index (χ0n) is 16.9. The number of nitrogens with one attached hydrogen (secondary N) is 1. The maximum absolute atomic E-state index is 5.74. The van der Waals surface area contributed by atoms with Crippen LogP contribution in [0.25, 0.3) is 5.69 Å². The summed E-state index contributed by atoms with van der Waals surface area (Å²) in [5, 5.41) is 4.30. The monoisotopic (exact) mass is 406 g/mol. The van der Waals surface area contributed by atoms with Crippen molar-refractivity contribution in [1.29, 1.82) is 0 Å². The first-order chi connectivity index (χ1) is 14.1. The summed E-state index contributed by atoms with van der Waals surface area (Å²) in [7, 11) is 1.68. The first-order valence-corrected chi connectivity index (χ1v) is 10.3. The van der Waals surface area contributed by atoms with Crippen molar-refractivity contribution in [2.45, 2.75) is 25.9 Å². The van der Waals surface area contributed by atoms with Gasteiger partial charge in [-0.1, -0.05) is 19.9 Å². The highest BCUT2D eigenvalue weighted by atomic mass is 32.1. The lowest BCUT2D eigenvalue weighted by Gasteiger charge is -2.30. The van der Waals surface area contributed by atoms with Gasteiger partial charge in [-0.15, -0.1) is 0 Å². The van der Waals surface area contributed by atoms with Crippen LogP contribution >= 0.6 is 12.2 Å². The van der Waals surface area contributed by atoms with E-state index in [9.17, 15) is 0 Å². The fraction of sp³-hybridized carbons (Fsp3) is 0.304. The molecular formula is C23H26N4OS. The molecular weight excluding hydrogens is 380 g/mol. The fourth-order valence-electron chi connectivity index (χ4n) is 3.93. The first kappa shape index (κ1) is 19.5. The van der Waals surface area contributed by atoms with Gasteiger partial charge in [0.05, 0.1) is 24.9 Å². The Bertz CT molecular complexity index is 968. The van der Waals surface area contributed by atoms with Crippen molar-refractivity contribution >= 4 is 17.3 Å². The largest absolute Gasteiger partial charge is 0.497 e. The van der Waals surface area contributed by atoms with Crippen molar-refractivity contribution in [3.63, 3.8) is 0 Å². The second-order valence-corrected chi connectivity index (χ2v) is 8.06. The van der Waals surface area contributed by atoms with Crippen LogP contribution in [0.4, 0.5) is 0 Å². The van der Waals surface area contributed by atoms with Crippen LogP contribution in [0.1, 0.15) is 37.3 Å². The third kappa shape index (κ3) is 3.85. The highest BCUT2D eigenvalue weighted by molar-refractivity contribution is 7.80. The summed E-state index contributed by atoms with van der Waals surface area (Å²) in [4.78, 5) is 6.92. The molecule has 29 heavy (non-hydrogen) atoms. The highest BCUT2D eigenvalue weighted by Crippen LogP contribution is 2.39. The molecule has 0 spiro atoms. The predicted molar refractivity (Wildman–Crippen MR) is 119 cm³/mol. The molecule has 0 amide bonds. The molecule has 1 aliphatic rings. The molecule has 1 N–H and O–H groups in total. The molecule has 1 aliphatic heterocycles. The highest BCUT2D eigenvalue weighted by Gasteiger charge is 2.41. The van der Waals surface area contributed by atoms with E-state index in [2.05, 4.69) is 70.1 Å². The summed E-state index contributed by atoms with van der Waals surface area (Å²) in [5.41, 5.74) is 3.26. The second kappa shape index (κ2) is 8.25. The molecule has 3 aromatic rings. The lowest BCUT2D eigenvalue weighted by molar-refractivity contribution is 0.280. The molecule has 1 saturated heterocycles. The summed E-state index contributed by atoms with van der Waals surface area (Å²) in [6.07, 6.45) is 3.94. The Morgan fingerprint density at radius 1 is 1.10 bits per heavy atom. The minimum Gasteiger partial charge on any atom is -0.497 e. The van der Waals surface area contributed by atoms with Crippen LogP contribution in [-0.4, -0.2) is 33.2 Å². The number of nitrogens with zero attached hydrogens (tertiary/aromatic N) is 3. The normalized spacial score (nSPS) is 18.9. The molecule has 6 heteroatoms. The van der Waals surface area contributed by atoms with Gasteiger partial charge in [0.25, 0.3) is 0 Å². The Morgan fingerprint density at radius 3 is 2.55 bits per heavy atom. The summed E-state index contributed by atoms with van der Waals surface area (Å²) in [6, 6.07) is 18.5. The third-order valence-corrected chi connectivity index (χ3v) is 5.55. The van der Waals surface area contributed by atoms with E-state index in [1.807, 2.05) is 30.5 Å². The van der Waals surface area contributed by atoms with E-state index in [4.69, 9.17) is 17.0 Å². The van der Waals surface area contributed by atoms with Crippen LogP contribution in [0.15, 0.2) is 67.0 Å². The Balaban J connectivity index is 1.78. The number of aromatic nitrogens is 2. The van der Waals surface area contributed by atoms with Crippen LogP contribution in [0.3, 0.4) is 0 Å². The minimum absolute atomic E-state index is 0.00523. The molecule has 5 nitrogen and oxygen atoms in total. The molecule has 0 aliphatic carbocycles. The number of pyridine rings is 1. The number of ether oxygens (including phenoxy) is 1. The van der Waals surface area contributed by atoms with Crippen molar-refractivity contribution in [2.75, 3.05) is 13.7 Å². The van der Waals surface area contributed by atoms with Crippen molar-refractivity contribution in [2.24, 2.45) is 5.92 Å². The number of rotatable bonds is 6. The van der Waals surface area contributed by atoms with Gasteiger partial charge in [-0.2, -0.15) is 0 Å². The number of hydrogen-bond acceptors (Lipinski definition) is 3. The molecule has 0 radical (unpaired) electrons. The van der Waals surface area contributed by atoms with E-state index in [1.165, 1.54) is 5.69 Å². The third-order valence-electron chi connectivity index (χ3n) is 5.19. The number of thiocarbonyl (C=S) groups is 1. The molecule has 3 heterocycles. The van der Waals surface area contributed by atoms with Gasteiger partial charge in [0.1, 0.15) is 5.75 Å². The topological polar surface area (TPSA) is 42.3 Å². The summed E-state index contributed by atoms with van der Waals surface area (Å²) in [6.45, 7) is 5.32. The van der Waals surface area contributed by atoms with Crippen LogP contribution in [0.5, 0.6) is 5.75 Å². The second-order valence-electron chi connectivity index (χ2n) is 7.67. The van der Waals surface area contributed by atoms with Gasteiger partial charge < -0.3 is 19.5 Å². The molecule has 1 fully saturated rings. The number of methoxy groups -OCH3 is 1. The molecule has 2 aromatic heterocycles. The Labute approximate surface area is 177 Å². The van der Waals surface area contributed by atoms with Crippen LogP contribution in [-0.2, 0) is 0 Å². The van der Waals surface area contributed by atoms with Gasteiger partial charge in [-0.05, 0) is 66.7 Å². The van der Waals surface area contributed by atoms with Crippen molar-refractivity contribution < 1.29 is 4.74 Å². The van der Waals surface area contributed by atoms with Crippen LogP contribution < -0.4 is 10.1 Å². The SMILES string of the molecule is COc1ccc(-n2cccc2C2C(c3ccccn3)NC(=S)N2CC(C)C)cc1. The maximum Gasteiger partial charge on any atom is 0.170 e. The van der Waals surface area contributed by atoms with Gasteiger partial charge >= 0.3 is 0 Å². The summed E-state index contributed by atoms with van der Waals surface area (Å²) >= 11 is 5.74. The Morgan fingerprint density at radius 2 is 1.90 bits per heavy atom. The quantitative estimate of drug-likeness (QED) is 0.610. The van der Waals surface area contributed by atoms with Crippen LogP contribution in [0.2, 0.25) is 0 Å². The maximum atomic E-state index is 5.74. The molecule has 2 atom stereocenters. The molecule has 1 aromatic carbocycles. The lowest BCUT2D eigenvalue weighted by atomic mass is 10.0. The van der Waals surface area contributed by atoms with Gasteiger partial charge in [-0.3, -0.25) is 4.98 Å². The average molecular weight is 407 g/mol. The molecule has 2 unspecified atom stereocenters. The molecule has 0 bridgehead atoms. The summed E-state index contributed by atoms with van der Waals surface area (Å²) < 4.78 is 7.54. The lowest BCUT2D eigenvalue weighted by Crippen LogP contribution is -2.33. The Kier molecular flexibility index (Phi) is 5.53. The van der Waals surface area contributed by atoms with Crippen molar-refractivity contribution in [1.82, 2.24) is 19.8 Å². The van der Waals surface area contributed by atoms with E-state index >= 15 is 0 Å². The van der Waals surface area contributed by atoms with Crippen molar-refractivity contribution in [3.05, 3.63) is 78.4 Å². The van der Waals surface area contributed by atoms with E-state index in [0.717, 1.165) is 28.8 Å². The molecule has 0 saturated carbocycles. The zero-order chi connectivity index (χ0) is 20.4. The van der Waals surface area contributed by atoms with Crippen molar-refractivity contribution in [3.8, 4) is 11.4 Å². The van der Waals surface area contributed by atoms with Crippen LogP contribution in [0, 0.1) is 5.92 Å². The fourth-order valence-corrected chi connectivity index (χ4v) is 4.25. The van der Waals surface area contributed by atoms with Gasteiger partial charge in [0, 0.05) is 30.3 Å².